The highest BCUT2D eigenvalue weighted by molar-refractivity contribution is 5.95. The predicted molar refractivity (Wildman–Crippen MR) is 33.3 cm³/mol. The Morgan fingerprint density at radius 1 is 1.88 bits per heavy atom. The van der Waals surface area contributed by atoms with Gasteiger partial charge >= 0.3 is 0 Å². The van der Waals surface area contributed by atoms with Crippen molar-refractivity contribution in [3.05, 3.63) is 24.8 Å². The molecule has 0 amide bonds. The van der Waals surface area contributed by atoms with Crippen LogP contribution >= 0.6 is 0 Å². The Morgan fingerprint density at radius 2 is 2.50 bits per heavy atom. The van der Waals surface area contributed by atoms with E-state index in [4.69, 9.17) is 0 Å². The molecule has 0 aliphatic rings. The molecule has 0 saturated heterocycles. The summed E-state index contributed by atoms with van der Waals surface area (Å²) in [4.78, 5) is 10.3. The van der Waals surface area contributed by atoms with Gasteiger partial charge in [-0.05, 0) is 12.5 Å². The molecule has 0 heterocycles. The molecule has 0 aromatic heterocycles. The van der Waals surface area contributed by atoms with Crippen molar-refractivity contribution >= 4 is 5.78 Å². The molecule has 0 aliphatic carbocycles. The van der Waals surface area contributed by atoms with Crippen LogP contribution < -0.4 is 0 Å². The van der Waals surface area contributed by atoms with Crippen LogP contribution in [0.15, 0.2) is 18.7 Å². The number of hydrogen-bond donors (Lipinski definition) is 0. The van der Waals surface area contributed by atoms with Crippen LogP contribution in [0.25, 0.3) is 0 Å². The Morgan fingerprint density at radius 3 is 2.88 bits per heavy atom. The molecule has 8 heavy (non-hydrogen) atoms. The average Bonchev–Trinajstić information content (AvgIpc) is 1.83. The van der Waals surface area contributed by atoms with Crippen LogP contribution in [0.2, 0.25) is 0 Å². The van der Waals surface area contributed by atoms with Gasteiger partial charge in [-0.1, -0.05) is 19.6 Å². The van der Waals surface area contributed by atoms with Gasteiger partial charge < -0.3 is 0 Å². The summed E-state index contributed by atoms with van der Waals surface area (Å²) in [5.41, 5.74) is 0. The second-order valence-electron chi connectivity index (χ2n) is 1.33. The van der Waals surface area contributed by atoms with E-state index in [-0.39, 0.29) is 5.78 Å². The first-order valence-electron chi connectivity index (χ1n) is 2.56. The van der Waals surface area contributed by atoms with Crippen LogP contribution in [0.5, 0.6) is 0 Å². The van der Waals surface area contributed by atoms with Crippen molar-refractivity contribution in [1.82, 2.24) is 0 Å². The van der Waals surface area contributed by atoms with Gasteiger partial charge in [-0.25, -0.2) is 0 Å². The van der Waals surface area contributed by atoms with Crippen molar-refractivity contribution in [3.8, 4) is 0 Å². The van der Waals surface area contributed by atoms with E-state index < -0.39 is 0 Å². The molecule has 0 aromatic carbocycles. The molecule has 0 saturated carbocycles. The fraction of sp³-hybridized carbons (Fsp3) is 0.286. The highest BCUT2D eigenvalue weighted by Gasteiger charge is 1.81. The predicted octanol–water partition coefficient (Wildman–Crippen LogP) is 1.51. The lowest BCUT2D eigenvalue weighted by Gasteiger charge is -1.74. The Hall–Kier alpha value is -0.850. The Balaban J connectivity index is 3.52. The lowest BCUT2D eigenvalue weighted by atomic mass is 10.3. The molecule has 1 radical (unpaired) electrons. The van der Waals surface area contributed by atoms with Crippen LogP contribution in [0.1, 0.15) is 13.3 Å². The summed E-state index contributed by atoms with van der Waals surface area (Å²) in [5.74, 6) is -0.146. The lowest BCUT2D eigenvalue weighted by molar-refractivity contribution is -0.111. The molecule has 1 nitrogen and oxygen atoms in total. The minimum atomic E-state index is -0.146. The van der Waals surface area contributed by atoms with Gasteiger partial charge in [-0.3, -0.25) is 4.79 Å². The van der Waals surface area contributed by atoms with E-state index in [0.717, 1.165) is 6.42 Å². The number of carbonyl (C=O) groups excluding carboxylic acids is 1. The van der Waals surface area contributed by atoms with E-state index in [1.165, 1.54) is 6.08 Å². The van der Waals surface area contributed by atoms with E-state index in [2.05, 4.69) is 12.7 Å². The van der Waals surface area contributed by atoms with E-state index in [1.54, 1.807) is 6.08 Å². The van der Waals surface area contributed by atoms with E-state index >= 15 is 0 Å². The van der Waals surface area contributed by atoms with Crippen molar-refractivity contribution in [1.29, 1.82) is 0 Å². The molecule has 0 spiro atoms. The first-order valence-corrected chi connectivity index (χ1v) is 2.56. The summed E-state index contributed by atoms with van der Waals surface area (Å²) in [7, 11) is 0. The number of hydrogen-bond acceptors (Lipinski definition) is 1. The molecule has 0 bridgehead atoms. The molecule has 0 unspecified atom stereocenters. The van der Waals surface area contributed by atoms with Crippen LogP contribution in [0.4, 0.5) is 0 Å². The molecular weight excluding hydrogens is 100 g/mol. The Kier molecular flexibility index (Phi) is 3.85. The van der Waals surface area contributed by atoms with Crippen molar-refractivity contribution in [2.45, 2.75) is 13.3 Å². The topological polar surface area (TPSA) is 17.1 Å². The van der Waals surface area contributed by atoms with Gasteiger partial charge in [0.1, 0.15) is 0 Å². The number of ketones is 1. The first-order chi connectivity index (χ1) is 3.81. The summed E-state index contributed by atoms with van der Waals surface area (Å²) < 4.78 is 0. The molecule has 0 N–H and O–H groups in total. The summed E-state index contributed by atoms with van der Waals surface area (Å²) in [6, 6.07) is 0. The fourth-order valence-electron chi connectivity index (χ4n) is 0.262. The van der Waals surface area contributed by atoms with E-state index in [0.29, 0.717) is 0 Å². The molecule has 43 valence electrons. The fourth-order valence-corrected chi connectivity index (χ4v) is 0.262. The van der Waals surface area contributed by atoms with Gasteiger partial charge in [0.2, 0.25) is 0 Å². The zero-order chi connectivity index (χ0) is 6.41. The quantitative estimate of drug-likeness (QED) is 0.502. The van der Waals surface area contributed by atoms with E-state index in [9.17, 15) is 4.79 Å². The molecule has 0 fully saturated rings. The smallest absolute Gasteiger partial charge is 0.185 e. The monoisotopic (exact) mass is 109 g/mol. The highest BCUT2D eigenvalue weighted by Crippen LogP contribution is 1.79. The second-order valence-corrected chi connectivity index (χ2v) is 1.33. The van der Waals surface area contributed by atoms with Gasteiger partial charge in [0.05, 0.1) is 0 Å². The van der Waals surface area contributed by atoms with Gasteiger partial charge in [-0.15, -0.1) is 0 Å². The Bertz CT molecular complexity index is 112. The largest absolute Gasteiger partial charge is 0.289 e. The highest BCUT2D eigenvalue weighted by atomic mass is 16.1. The van der Waals surface area contributed by atoms with Crippen molar-refractivity contribution < 1.29 is 4.79 Å². The molecular formula is C7H9O. The zero-order valence-corrected chi connectivity index (χ0v) is 4.98. The van der Waals surface area contributed by atoms with Gasteiger partial charge in [0.25, 0.3) is 0 Å². The molecule has 0 aromatic rings. The van der Waals surface area contributed by atoms with Crippen molar-refractivity contribution in [2.24, 2.45) is 0 Å². The summed E-state index contributed by atoms with van der Waals surface area (Å²) in [6.45, 7) is 5.23. The number of rotatable bonds is 3. The minimum absolute atomic E-state index is 0.146. The maximum Gasteiger partial charge on any atom is 0.185 e. The van der Waals surface area contributed by atoms with E-state index in [1.807, 2.05) is 6.92 Å². The van der Waals surface area contributed by atoms with Crippen LogP contribution in [-0.4, -0.2) is 5.78 Å². The average molecular weight is 109 g/mol. The Labute approximate surface area is 49.7 Å². The molecule has 0 atom stereocenters. The van der Waals surface area contributed by atoms with Gasteiger partial charge in [0, 0.05) is 6.08 Å². The molecule has 1 heteroatoms. The summed E-state index contributed by atoms with van der Waals surface area (Å²) >= 11 is 0. The van der Waals surface area contributed by atoms with Crippen molar-refractivity contribution in [2.75, 3.05) is 0 Å². The number of carbonyl (C=O) groups is 1. The zero-order valence-electron chi connectivity index (χ0n) is 4.98. The van der Waals surface area contributed by atoms with Gasteiger partial charge in [-0.2, -0.15) is 0 Å². The summed E-state index contributed by atoms with van der Waals surface area (Å²) in [6.07, 6.45) is 6.27. The SMILES string of the molecule is C=CC(=O)/[C]=C\CC. The van der Waals surface area contributed by atoms with Crippen LogP contribution in [0.3, 0.4) is 0 Å². The van der Waals surface area contributed by atoms with Crippen molar-refractivity contribution in [3.63, 3.8) is 0 Å². The maximum atomic E-state index is 10.3. The van der Waals surface area contributed by atoms with Crippen LogP contribution in [0, 0.1) is 6.08 Å². The second kappa shape index (κ2) is 4.31. The number of allylic oxidation sites excluding steroid dienone is 3. The molecule has 0 rings (SSSR count). The minimum Gasteiger partial charge on any atom is -0.289 e. The molecule has 0 aliphatic heterocycles. The first kappa shape index (κ1) is 7.15. The standard InChI is InChI=1S/C7H9O/c1-3-5-6-7(8)4-2/h4-5H,2-3H2,1H3. The third kappa shape index (κ3) is 3.34. The third-order valence-electron chi connectivity index (χ3n) is 0.634. The summed E-state index contributed by atoms with van der Waals surface area (Å²) in [5, 5.41) is 0. The van der Waals surface area contributed by atoms with Crippen LogP contribution in [-0.2, 0) is 4.79 Å². The van der Waals surface area contributed by atoms with Gasteiger partial charge in [0.15, 0.2) is 5.78 Å². The third-order valence-corrected chi connectivity index (χ3v) is 0.634. The normalized spacial score (nSPS) is 9.62. The lowest BCUT2D eigenvalue weighted by Crippen LogP contribution is -1.82. The maximum absolute atomic E-state index is 10.3.